The Labute approximate surface area is 106 Å². The summed E-state index contributed by atoms with van der Waals surface area (Å²) in [5.41, 5.74) is 5.77. The van der Waals surface area contributed by atoms with Gasteiger partial charge in [0.05, 0.1) is 17.2 Å². The van der Waals surface area contributed by atoms with Crippen LogP contribution in [0.4, 0.5) is 0 Å². The van der Waals surface area contributed by atoms with Crippen LogP contribution >= 0.6 is 0 Å². The van der Waals surface area contributed by atoms with Crippen LogP contribution in [0.1, 0.15) is 33.6 Å². The van der Waals surface area contributed by atoms with E-state index in [1.54, 1.807) is 26.2 Å². The molecule has 0 saturated heterocycles. The van der Waals surface area contributed by atoms with Crippen molar-refractivity contribution in [1.82, 2.24) is 4.90 Å². The maximum atomic E-state index is 12.0. The van der Waals surface area contributed by atoms with Gasteiger partial charge in [-0.05, 0) is 31.0 Å². The van der Waals surface area contributed by atoms with E-state index in [2.05, 4.69) is 0 Å². The highest BCUT2D eigenvalue weighted by Crippen LogP contribution is 2.28. The summed E-state index contributed by atoms with van der Waals surface area (Å²) in [7, 11) is 3.25. The van der Waals surface area contributed by atoms with Gasteiger partial charge in [0.15, 0.2) is 0 Å². The van der Waals surface area contributed by atoms with Gasteiger partial charge in [0.2, 0.25) is 5.91 Å². The molecule has 1 aliphatic rings. The number of ether oxygens (including phenoxy) is 1. The van der Waals surface area contributed by atoms with Crippen molar-refractivity contribution in [3.63, 3.8) is 0 Å². The summed E-state index contributed by atoms with van der Waals surface area (Å²) >= 11 is 0. The second kappa shape index (κ2) is 4.68. The molecular formula is C13H16N2O3. The summed E-state index contributed by atoms with van der Waals surface area (Å²) in [5.74, 6) is -0.268. The molecule has 0 bridgehead atoms. The van der Waals surface area contributed by atoms with Crippen molar-refractivity contribution in [2.75, 3.05) is 14.1 Å². The summed E-state index contributed by atoms with van der Waals surface area (Å²) in [6, 6.07) is 4.79. The van der Waals surface area contributed by atoms with Gasteiger partial charge in [-0.1, -0.05) is 0 Å². The fraction of sp³-hybridized carbons (Fsp3) is 0.385. The summed E-state index contributed by atoms with van der Waals surface area (Å²) in [6.07, 6.45) is 2.31. The topological polar surface area (TPSA) is 72.6 Å². The molecule has 0 unspecified atom stereocenters. The lowest BCUT2D eigenvalue weighted by Crippen LogP contribution is -2.25. The Kier molecular flexibility index (Phi) is 3.23. The van der Waals surface area contributed by atoms with Crippen LogP contribution in [0, 0.1) is 0 Å². The van der Waals surface area contributed by atoms with E-state index in [4.69, 9.17) is 10.5 Å². The highest BCUT2D eigenvalue weighted by Gasteiger charge is 2.25. The van der Waals surface area contributed by atoms with E-state index >= 15 is 0 Å². The fourth-order valence-corrected chi connectivity index (χ4v) is 1.61. The monoisotopic (exact) mass is 248 g/mol. The molecule has 18 heavy (non-hydrogen) atoms. The number of hydrogen-bond donors (Lipinski definition) is 1. The number of rotatable bonds is 4. The van der Waals surface area contributed by atoms with E-state index in [0.29, 0.717) is 5.75 Å². The molecule has 1 saturated carbocycles. The zero-order chi connectivity index (χ0) is 13.3. The normalized spacial score (nSPS) is 14.1. The van der Waals surface area contributed by atoms with Gasteiger partial charge >= 0.3 is 0 Å². The van der Waals surface area contributed by atoms with Crippen LogP contribution in [-0.4, -0.2) is 36.9 Å². The van der Waals surface area contributed by atoms with E-state index in [1.807, 2.05) is 0 Å². The molecular weight excluding hydrogens is 232 g/mol. The summed E-state index contributed by atoms with van der Waals surface area (Å²) in [5, 5.41) is 0. The molecule has 2 rings (SSSR count). The lowest BCUT2D eigenvalue weighted by atomic mass is 10.1. The van der Waals surface area contributed by atoms with Crippen molar-refractivity contribution in [3.8, 4) is 5.75 Å². The average Bonchev–Trinajstić information content (AvgIpc) is 3.11. The molecule has 0 atom stereocenters. The first kappa shape index (κ1) is 12.4. The number of primary amides is 1. The molecule has 0 aromatic heterocycles. The number of nitrogens with two attached hydrogens (primary N) is 1. The zero-order valence-corrected chi connectivity index (χ0v) is 10.5. The van der Waals surface area contributed by atoms with Gasteiger partial charge in [0, 0.05) is 14.1 Å². The number of nitrogens with zero attached hydrogens (tertiary/aromatic N) is 1. The van der Waals surface area contributed by atoms with Crippen LogP contribution < -0.4 is 10.5 Å². The highest BCUT2D eigenvalue weighted by atomic mass is 16.5. The Balaban J connectivity index is 2.36. The number of carbonyl (C=O) groups is 2. The Bertz CT molecular complexity index is 493. The van der Waals surface area contributed by atoms with Crippen LogP contribution in [-0.2, 0) is 0 Å². The van der Waals surface area contributed by atoms with Gasteiger partial charge in [-0.25, -0.2) is 0 Å². The van der Waals surface area contributed by atoms with Gasteiger partial charge in [-0.3, -0.25) is 9.59 Å². The predicted molar refractivity (Wildman–Crippen MR) is 66.6 cm³/mol. The SMILES string of the molecule is CN(C)C(=O)c1cc(OC2CC2)ccc1C(N)=O. The third kappa shape index (κ3) is 2.61. The molecule has 0 heterocycles. The second-order valence-corrected chi connectivity index (χ2v) is 4.59. The molecule has 96 valence electrons. The average molecular weight is 248 g/mol. The Morgan fingerprint density at radius 1 is 1.28 bits per heavy atom. The van der Waals surface area contributed by atoms with Gasteiger partial charge in [0.1, 0.15) is 5.75 Å². The van der Waals surface area contributed by atoms with Gasteiger partial charge in [-0.2, -0.15) is 0 Å². The predicted octanol–water partition coefficient (Wildman–Crippen LogP) is 1.03. The maximum absolute atomic E-state index is 12.0. The van der Waals surface area contributed by atoms with Crippen molar-refractivity contribution in [1.29, 1.82) is 0 Å². The third-order valence-electron chi connectivity index (χ3n) is 2.72. The van der Waals surface area contributed by atoms with E-state index in [1.165, 1.54) is 11.0 Å². The van der Waals surface area contributed by atoms with Gasteiger partial charge < -0.3 is 15.4 Å². The summed E-state index contributed by atoms with van der Waals surface area (Å²) < 4.78 is 5.61. The summed E-state index contributed by atoms with van der Waals surface area (Å²) in [4.78, 5) is 24.7. The minimum absolute atomic E-state index is 0.219. The third-order valence-corrected chi connectivity index (χ3v) is 2.72. The molecule has 1 aromatic rings. The highest BCUT2D eigenvalue weighted by molar-refractivity contribution is 6.06. The van der Waals surface area contributed by atoms with E-state index in [-0.39, 0.29) is 23.1 Å². The molecule has 2 N–H and O–H groups in total. The Morgan fingerprint density at radius 2 is 1.94 bits per heavy atom. The first-order valence-electron chi connectivity index (χ1n) is 5.81. The number of carbonyl (C=O) groups excluding carboxylic acids is 2. The lowest BCUT2D eigenvalue weighted by molar-refractivity contribution is 0.0820. The molecule has 1 fully saturated rings. The van der Waals surface area contributed by atoms with E-state index in [9.17, 15) is 9.59 Å². The van der Waals surface area contributed by atoms with Crippen LogP contribution in [0.2, 0.25) is 0 Å². The number of amides is 2. The minimum atomic E-state index is -0.613. The summed E-state index contributed by atoms with van der Waals surface area (Å²) in [6.45, 7) is 0. The fourth-order valence-electron chi connectivity index (χ4n) is 1.61. The van der Waals surface area contributed by atoms with Gasteiger partial charge in [-0.15, -0.1) is 0 Å². The molecule has 1 aliphatic carbocycles. The molecule has 1 aromatic carbocycles. The number of benzene rings is 1. The molecule has 0 radical (unpaired) electrons. The molecule has 5 heteroatoms. The standard InChI is InChI=1S/C13H16N2O3/c1-15(2)13(17)11-7-9(18-8-3-4-8)5-6-10(11)12(14)16/h5-8H,3-4H2,1-2H3,(H2,14,16). The lowest BCUT2D eigenvalue weighted by Gasteiger charge is -2.14. The van der Waals surface area contributed by atoms with E-state index < -0.39 is 5.91 Å². The van der Waals surface area contributed by atoms with Crippen molar-refractivity contribution in [2.24, 2.45) is 5.73 Å². The first-order valence-corrected chi connectivity index (χ1v) is 5.81. The van der Waals surface area contributed by atoms with Crippen molar-refractivity contribution in [2.45, 2.75) is 18.9 Å². The van der Waals surface area contributed by atoms with Crippen molar-refractivity contribution in [3.05, 3.63) is 29.3 Å². The molecule has 2 amide bonds. The smallest absolute Gasteiger partial charge is 0.254 e. The van der Waals surface area contributed by atoms with Crippen LogP contribution in [0.25, 0.3) is 0 Å². The number of hydrogen-bond acceptors (Lipinski definition) is 3. The second-order valence-electron chi connectivity index (χ2n) is 4.59. The van der Waals surface area contributed by atoms with Crippen LogP contribution in [0.15, 0.2) is 18.2 Å². The zero-order valence-electron chi connectivity index (χ0n) is 10.5. The van der Waals surface area contributed by atoms with Crippen LogP contribution in [0.3, 0.4) is 0 Å². The molecule has 5 nitrogen and oxygen atoms in total. The Hall–Kier alpha value is -2.04. The van der Waals surface area contributed by atoms with E-state index in [0.717, 1.165) is 12.8 Å². The minimum Gasteiger partial charge on any atom is -0.490 e. The first-order chi connectivity index (χ1) is 8.49. The molecule has 0 aliphatic heterocycles. The largest absolute Gasteiger partial charge is 0.490 e. The van der Waals surface area contributed by atoms with Crippen molar-refractivity contribution >= 4 is 11.8 Å². The van der Waals surface area contributed by atoms with Gasteiger partial charge in [0.25, 0.3) is 5.91 Å². The van der Waals surface area contributed by atoms with Crippen LogP contribution in [0.5, 0.6) is 5.75 Å². The molecule has 0 spiro atoms. The van der Waals surface area contributed by atoms with Crippen molar-refractivity contribution < 1.29 is 14.3 Å². The maximum Gasteiger partial charge on any atom is 0.254 e. The quantitative estimate of drug-likeness (QED) is 0.864. The Morgan fingerprint density at radius 3 is 2.44 bits per heavy atom.